The first kappa shape index (κ1) is 21.2. The van der Waals surface area contributed by atoms with Crippen molar-refractivity contribution in [1.29, 1.82) is 0 Å². The van der Waals surface area contributed by atoms with Crippen LogP contribution in [-0.4, -0.2) is 38.7 Å². The van der Waals surface area contributed by atoms with Gasteiger partial charge in [0, 0.05) is 24.2 Å². The van der Waals surface area contributed by atoms with Crippen molar-refractivity contribution < 1.29 is 4.79 Å². The van der Waals surface area contributed by atoms with Gasteiger partial charge >= 0.3 is 0 Å². The van der Waals surface area contributed by atoms with Gasteiger partial charge < -0.3 is 4.90 Å². The topological polar surface area (TPSA) is 55.2 Å². The molecule has 1 aliphatic heterocycles. The van der Waals surface area contributed by atoms with E-state index in [1.807, 2.05) is 4.90 Å². The van der Waals surface area contributed by atoms with Crippen LogP contribution >= 0.6 is 23.4 Å². The standard InChI is InChI=1S/C21H28ClN3O2S/c1-14(2)9-11-25-20(27)17-8-7-16(22)12-18(17)23-21(25)28-13-19(26)24-10-5-4-6-15(24)3/h7-8,12,14-15H,4-6,9-11,13H2,1-3H3/t15-/m1/s1. The van der Waals surface area contributed by atoms with Crippen molar-refractivity contribution in [3.63, 3.8) is 0 Å². The summed E-state index contributed by atoms with van der Waals surface area (Å²) >= 11 is 7.45. The molecule has 1 saturated heterocycles. The van der Waals surface area contributed by atoms with E-state index >= 15 is 0 Å². The molecule has 28 heavy (non-hydrogen) atoms. The molecule has 0 N–H and O–H groups in total. The number of carbonyl (C=O) groups is 1. The van der Waals surface area contributed by atoms with Crippen molar-refractivity contribution in [3.05, 3.63) is 33.6 Å². The fraction of sp³-hybridized carbons (Fsp3) is 0.571. The summed E-state index contributed by atoms with van der Waals surface area (Å²) in [5.74, 6) is 0.888. The summed E-state index contributed by atoms with van der Waals surface area (Å²) < 4.78 is 1.72. The highest BCUT2D eigenvalue weighted by atomic mass is 35.5. The molecule has 2 heterocycles. The quantitative estimate of drug-likeness (QED) is 0.505. The number of likely N-dealkylation sites (tertiary alicyclic amines) is 1. The van der Waals surface area contributed by atoms with Crippen molar-refractivity contribution >= 4 is 40.2 Å². The van der Waals surface area contributed by atoms with Gasteiger partial charge in [0.25, 0.3) is 5.56 Å². The lowest BCUT2D eigenvalue weighted by Gasteiger charge is -2.33. The predicted molar refractivity (Wildman–Crippen MR) is 116 cm³/mol. The number of thioether (sulfide) groups is 1. The molecule has 152 valence electrons. The molecule has 1 atom stereocenters. The van der Waals surface area contributed by atoms with Gasteiger partial charge in [0.2, 0.25) is 5.91 Å². The van der Waals surface area contributed by atoms with E-state index in [0.717, 1.165) is 25.8 Å². The number of aromatic nitrogens is 2. The third-order valence-corrected chi connectivity index (χ3v) is 6.46. The normalized spacial score (nSPS) is 17.5. The van der Waals surface area contributed by atoms with Crippen LogP contribution in [0.2, 0.25) is 5.02 Å². The monoisotopic (exact) mass is 421 g/mol. The third kappa shape index (κ3) is 4.90. The molecular formula is C21H28ClN3O2S. The summed E-state index contributed by atoms with van der Waals surface area (Å²) in [4.78, 5) is 32.4. The van der Waals surface area contributed by atoms with Crippen molar-refractivity contribution in [1.82, 2.24) is 14.5 Å². The van der Waals surface area contributed by atoms with E-state index in [-0.39, 0.29) is 17.5 Å². The molecule has 5 nitrogen and oxygen atoms in total. The molecule has 0 unspecified atom stereocenters. The molecule has 0 bridgehead atoms. The molecule has 7 heteroatoms. The molecule has 0 radical (unpaired) electrons. The number of rotatable bonds is 6. The zero-order valence-electron chi connectivity index (χ0n) is 16.8. The third-order valence-electron chi connectivity index (χ3n) is 5.26. The SMILES string of the molecule is CC(C)CCn1c(SCC(=O)N2CCCC[C@H]2C)nc2cc(Cl)ccc2c1=O. The number of fused-ring (bicyclic) bond motifs is 1. The minimum Gasteiger partial charge on any atom is -0.339 e. The first-order valence-corrected chi connectivity index (χ1v) is 11.4. The van der Waals surface area contributed by atoms with E-state index in [4.69, 9.17) is 11.6 Å². The smallest absolute Gasteiger partial charge is 0.262 e. The zero-order valence-corrected chi connectivity index (χ0v) is 18.4. The molecule has 1 amide bonds. The van der Waals surface area contributed by atoms with Crippen LogP contribution in [-0.2, 0) is 11.3 Å². The van der Waals surface area contributed by atoms with Gasteiger partial charge in [0.1, 0.15) is 0 Å². The number of hydrogen-bond acceptors (Lipinski definition) is 4. The number of hydrogen-bond donors (Lipinski definition) is 0. The average Bonchev–Trinajstić information content (AvgIpc) is 2.65. The summed E-state index contributed by atoms with van der Waals surface area (Å²) in [6.07, 6.45) is 4.18. The van der Waals surface area contributed by atoms with Gasteiger partial charge in [-0.15, -0.1) is 0 Å². The summed E-state index contributed by atoms with van der Waals surface area (Å²) in [6.45, 7) is 7.79. The molecule has 1 aromatic heterocycles. The lowest BCUT2D eigenvalue weighted by Crippen LogP contribution is -2.43. The summed E-state index contributed by atoms with van der Waals surface area (Å²) in [7, 11) is 0. The molecule has 0 saturated carbocycles. The molecule has 0 spiro atoms. The minimum atomic E-state index is -0.0661. The Morgan fingerprint density at radius 3 is 2.86 bits per heavy atom. The Labute approximate surface area is 175 Å². The van der Waals surface area contributed by atoms with Crippen LogP contribution in [0.15, 0.2) is 28.2 Å². The predicted octanol–water partition coefficient (Wildman–Crippen LogP) is 4.59. The Kier molecular flexibility index (Phi) is 7.05. The number of piperidine rings is 1. The van der Waals surface area contributed by atoms with Crippen molar-refractivity contribution in [2.24, 2.45) is 5.92 Å². The number of nitrogens with zero attached hydrogens (tertiary/aromatic N) is 3. The molecule has 2 aromatic rings. The second kappa shape index (κ2) is 9.31. The van der Waals surface area contributed by atoms with Crippen molar-refractivity contribution in [3.8, 4) is 0 Å². The number of amides is 1. The van der Waals surface area contributed by atoms with Crippen LogP contribution in [0.3, 0.4) is 0 Å². The van der Waals surface area contributed by atoms with E-state index in [0.29, 0.717) is 39.3 Å². The van der Waals surface area contributed by atoms with E-state index in [1.54, 1.807) is 22.8 Å². The first-order valence-electron chi connectivity index (χ1n) is 9.99. The van der Waals surface area contributed by atoms with Gasteiger partial charge in [-0.05, 0) is 56.7 Å². The lowest BCUT2D eigenvalue weighted by atomic mass is 10.0. The molecule has 3 rings (SSSR count). The fourth-order valence-corrected chi connectivity index (χ4v) is 4.62. The highest BCUT2D eigenvalue weighted by Crippen LogP contribution is 2.23. The van der Waals surface area contributed by atoms with Gasteiger partial charge in [0.15, 0.2) is 5.16 Å². The Morgan fingerprint density at radius 1 is 1.36 bits per heavy atom. The van der Waals surface area contributed by atoms with Gasteiger partial charge in [-0.3, -0.25) is 14.2 Å². The van der Waals surface area contributed by atoms with Gasteiger partial charge in [0.05, 0.1) is 16.7 Å². The Balaban J connectivity index is 1.88. The maximum Gasteiger partial charge on any atom is 0.262 e. The summed E-state index contributed by atoms with van der Waals surface area (Å²) in [5.41, 5.74) is 0.517. The highest BCUT2D eigenvalue weighted by Gasteiger charge is 2.24. The molecular weight excluding hydrogens is 394 g/mol. The minimum absolute atomic E-state index is 0.0661. The summed E-state index contributed by atoms with van der Waals surface area (Å²) in [5, 5.41) is 1.71. The van der Waals surface area contributed by atoms with Crippen LogP contribution in [0.1, 0.15) is 46.5 Å². The summed E-state index contributed by atoms with van der Waals surface area (Å²) in [6, 6.07) is 5.44. The van der Waals surface area contributed by atoms with Crippen LogP contribution in [0.5, 0.6) is 0 Å². The Morgan fingerprint density at radius 2 is 2.14 bits per heavy atom. The number of halogens is 1. The van der Waals surface area contributed by atoms with Gasteiger partial charge in [-0.2, -0.15) is 0 Å². The second-order valence-corrected chi connectivity index (χ2v) is 9.29. The lowest BCUT2D eigenvalue weighted by molar-refractivity contribution is -0.131. The van der Waals surface area contributed by atoms with Gasteiger partial charge in [-0.25, -0.2) is 4.98 Å². The van der Waals surface area contributed by atoms with E-state index in [1.165, 1.54) is 18.2 Å². The molecule has 0 aliphatic carbocycles. The zero-order chi connectivity index (χ0) is 20.3. The highest BCUT2D eigenvalue weighted by molar-refractivity contribution is 7.99. The second-order valence-electron chi connectivity index (χ2n) is 7.92. The number of benzene rings is 1. The van der Waals surface area contributed by atoms with Crippen LogP contribution in [0.25, 0.3) is 10.9 Å². The Hall–Kier alpha value is -1.53. The maximum atomic E-state index is 13.0. The average molecular weight is 422 g/mol. The largest absolute Gasteiger partial charge is 0.339 e. The van der Waals surface area contributed by atoms with Crippen molar-refractivity contribution in [2.75, 3.05) is 12.3 Å². The molecule has 1 aliphatic rings. The molecule has 1 fully saturated rings. The van der Waals surface area contributed by atoms with E-state index in [2.05, 4.69) is 25.8 Å². The van der Waals surface area contributed by atoms with Crippen LogP contribution in [0, 0.1) is 5.92 Å². The van der Waals surface area contributed by atoms with Crippen LogP contribution in [0.4, 0.5) is 0 Å². The van der Waals surface area contributed by atoms with Gasteiger partial charge in [-0.1, -0.05) is 37.2 Å². The van der Waals surface area contributed by atoms with Crippen LogP contribution < -0.4 is 5.56 Å². The fourth-order valence-electron chi connectivity index (χ4n) is 3.55. The first-order chi connectivity index (χ1) is 13.4. The molecule has 1 aromatic carbocycles. The van der Waals surface area contributed by atoms with E-state index < -0.39 is 0 Å². The van der Waals surface area contributed by atoms with Crippen molar-refractivity contribution in [2.45, 2.75) is 64.2 Å². The Bertz CT molecular complexity index is 912. The number of carbonyl (C=O) groups excluding carboxylic acids is 1. The van der Waals surface area contributed by atoms with E-state index in [9.17, 15) is 9.59 Å². The maximum absolute atomic E-state index is 13.0.